The summed E-state index contributed by atoms with van der Waals surface area (Å²) in [6.45, 7) is 0.556. The number of hydrogen-bond donors (Lipinski definition) is 3. The number of nitrogens with two attached hydrogens (primary N) is 1. The first-order valence-corrected chi connectivity index (χ1v) is 7.56. The molecule has 0 bridgehead atoms. The quantitative estimate of drug-likeness (QED) is 0.581. The number of hydrogen-bond acceptors (Lipinski definition) is 4. The Labute approximate surface area is 112 Å². The molecule has 1 rings (SSSR count). The Bertz CT molecular complexity index is 286. The lowest BCUT2D eigenvalue weighted by molar-refractivity contribution is -0.121. The number of carbonyl (C=O) groups is 2. The van der Waals surface area contributed by atoms with Crippen molar-refractivity contribution in [2.75, 3.05) is 18.1 Å². The van der Waals surface area contributed by atoms with Gasteiger partial charge in [-0.1, -0.05) is 12.8 Å². The monoisotopic (exact) mass is 274 g/mol. The molecule has 18 heavy (non-hydrogen) atoms. The fourth-order valence-electron chi connectivity index (χ4n) is 2.10. The number of nitrogens with one attached hydrogen (secondary N) is 1. The summed E-state index contributed by atoms with van der Waals surface area (Å²) in [6, 6.07) is 0. The van der Waals surface area contributed by atoms with Crippen LogP contribution in [0.2, 0.25) is 0 Å². The van der Waals surface area contributed by atoms with Crippen LogP contribution in [0.5, 0.6) is 0 Å². The highest BCUT2D eigenvalue weighted by Crippen LogP contribution is 2.23. The van der Waals surface area contributed by atoms with E-state index in [9.17, 15) is 14.7 Å². The zero-order chi connectivity index (χ0) is 13.4. The maximum Gasteiger partial charge on any atom is 0.227 e. The van der Waals surface area contributed by atoms with Crippen molar-refractivity contribution in [1.29, 1.82) is 0 Å². The molecule has 1 aliphatic carbocycles. The lowest BCUT2D eigenvalue weighted by atomic mass is 9.86. The van der Waals surface area contributed by atoms with Crippen molar-refractivity contribution < 1.29 is 14.7 Å². The van der Waals surface area contributed by atoms with Gasteiger partial charge in [0.05, 0.1) is 11.9 Å². The van der Waals surface area contributed by atoms with E-state index in [1.54, 1.807) is 0 Å². The summed E-state index contributed by atoms with van der Waals surface area (Å²) in [7, 11) is 0. The second-order valence-corrected chi connectivity index (χ2v) is 5.79. The Hall–Kier alpha value is -0.750. The maximum absolute atomic E-state index is 11.5. The molecule has 0 aromatic rings. The van der Waals surface area contributed by atoms with Gasteiger partial charge < -0.3 is 16.2 Å². The minimum absolute atomic E-state index is 0.0234. The van der Waals surface area contributed by atoms with E-state index in [1.807, 2.05) is 0 Å². The molecule has 2 atom stereocenters. The first-order chi connectivity index (χ1) is 8.59. The Kier molecular flexibility index (Phi) is 7.12. The van der Waals surface area contributed by atoms with Gasteiger partial charge >= 0.3 is 0 Å². The van der Waals surface area contributed by atoms with Crippen LogP contribution >= 0.6 is 11.8 Å². The van der Waals surface area contributed by atoms with E-state index in [4.69, 9.17) is 5.73 Å². The molecule has 0 aromatic heterocycles. The van der Waals surface area contributed by atoms with Gasteiger partial charge in [0.25, 0.3) is 0 Å². The Balaban J connectivity index is 2.07. The molecular formula is C12H22N2O3S. The van der Waals surface area contributed by atoms with Gasteiger partial charge in [-0.2, -0.15) is 11.8 Å². The van der Waals surface area contributed by atoms with Crippen LogP contribution in [0.4, 0.5) is 0 Å². The Morgan fingerprint density at radius 1 is 1.33 bits per heavy atom. The lowest BCUT2D eigenvalue weighted by Gasteiger charge is -2.27. The predicted octanol–water partition coefficient (Wildman–Crippen LogP) is 0.262. The smallest absolute Gasteiger partial charge is 0.227 e. The van der Waals surface area contributed by atoms with Crippen molar-refractivity contribution in [2.45, 2.75) is 38.2 Å². The number of amides is 2. The van der Waals surface area contributed by atoms with Crippen molar-refractivity contribution in [3.05, 3.63) is 0 Å². The number of rotatable bonds is 7. The summed E-state index contributed by atoms with van der Waals surface area (Å²) in [4.78, 5) is 22.0. The van der Waals surface area contributed by atoms with E-state index in [1.165, 1.54) is 11.8 Å². The van der Waals surface area contributed by atoms with E-state index in [2.05, 4.69) is 5.32 Å². The average molecular weight is 274 g/mol. The van der Waals surface area contributed by atoms with Crippen LogP contribution in [-0.4, -0.2) is 41.1 Å². The third kappa shape index (κ3) is 6.26. The van der Waals surface area contributed by atoms with Crippen LogP contribution < -0.4 is 11.1 Å². The van der Waals surface area contributed by atoms with Gasteiger partial charge in [0.1, 0.15) is 0 Å². The summed E-state index contributed by atoms with van der Waals surface area (Å²) in [5.74, 6) is 0.674. The molecule has 4 N–H and O–H groups in total. The van der Waals surface area contributed by atoms with Crippen LogP contribution in [0, 0.1) is 5.92 Å². The molecule has 1 fully saturated rings. The van der Waals surface area contributed by atoms with Crippen molar-refractivity contribution in [3.8, 4) is 0 Å². The second-order valence-electron chi connectivity index (χ2n) is 4.68. The second kappa shape index (κ2) is 8.37. The summed E-state index contributed by atoms with van der Waals surface area (Å²) >= 11 is 1.37. The van der Waals surface area contributed by atoms with Gasteiger partial charge in [-0.15, -0.1) is 0 Å². The Morgan fingerprint density at radius 2 is 2.06 bits per heavy atom. The fraction of sp³-hybridized carbons (Fsp3) is 0.833. The van der Waals surface area contributed by atoms with E-state index < -0.39 is 0 Å². The molecule has 6 heteroatoms. The Morgan fingerprint density at radius 3 is 2.72 bits per heavy atom. The number of aliphatic hydroxyl groups excluding tert-OH is 1. The largest absolute Gasteiger partial charge is 0.393 e. The first-order valence-electron chi connectivity index (χ1n) is 6.40. The van der Waals surface area contributed by atoms with Gasteiger partial charge in [0.2, 0.25) is 11.8 Å². The molecule has 1 aliphatic rings. The van der Waals surface area contributed by atoms with E-state index in [0.29, 0.717) is 18.7 Å². The van der Waals surface area contributed by atoms with Gasteiger partial charge in [-0.05, 0) is 12.8 Å². The number of primary amides is 1. The molecule has 0 aromatic carbocycles. The normalized spacial score (nSPS) is 23.6. The molecule has 5 nitrogen and oxygen atoms in total. The van der Waals surface area contributed by atoms with Gasteiger partial charge in [-0.25, -0.2) is 0 Å². The molecule has 0 spiro atoms. The molecule has 0 aliphatic heterocycles. The zero-order valence-electron chi connectivity index (χ0n) is 10.6. The highest BCUT2D eigenvalue weighted by molar-refractivity contribution is 7.99. The predicted molar refractivity (Wildman–Crippen MR) is 72.1 cm³/mol. The maximum atomic E-state index is 11.5. The van der Waals surface area contributed by atoms with Crippen molar-refractivity contribution >= 4 is 23.6 Å². The number of thioether (sulfide) groups is 1. The fourth-order valence-corrected chi connectivity index (χ4v) is 2.77. The molecule has 0 radical (unpaired) electrons. The molecule has 2 amide bonds. The van der Waals surface area contributed by atoms with Crippen LogP contribution in [-0.2, 0) is 9.59 Å². The highest BCUT2D eigenvalue weighted by atomic mass is 32.2. The molecule has 0 saturated heterocycles. The first kappa shape index (κ1) is 15.3. The standard InChI is InChI=1S/C12H22N2O3S/c13-11(16)8-18-6-5-12(17)14-7-9-3-1-2-4-10(9)15/h9-10,15H,1-8H2,(H2,13,16)(H,14,17). The van der Waals surface area contributed by atoms with Gasteiger partial charge in [-0.3, -0.25) is 9.59 Å². The van der Waals surface area contributed by atoms with Crippen molar-refractivity contribution in [3.63, 3.8) is 0 Å². The molecule has 2 unspecified atom stereocenters. The SMILES string of the molecule is NC(=O)CSCCC(=O)NCC1CCCCC1O. The van der Waals surface area contributed by atoms with Gasteiger partial charge in [0.15, 0.2) is 0 Å². The number of aliphatic hydroxyl groups is 1. The van der Waals surface area contributed by atoms with E-state index >= 15 is 0 Å². The summed E-state index contributed by atoms with van der Waals surface area (Å²) in [5, 5.41) is 12.6. The minimum atomic E-state index is -0.356. The molecule has 0 heterocycles. The summed E-state index contributed by atoms with van der Waals surface area (Å²) in [6.07, 6.45) is 4.15. The summed E-state index contributed by atoms with van der Waals surface area (Å²) in [5.41, 5.74) is 4.99. The van der Waals surface area contributed by atoms with Crippen molar-refractivity contribution in [2.24, 2.45) is 11.7 Å². The minimum Gasteiger partial charge on any atom is -0.393 e. The lowest BCUT2D eigenvalue weighted by Crippen LogP contribution is -2.36. The van der Waals surface area contributed by atoms with Crippen LogP contribution in [0.3, 0.4) is 0 Å². The third-order valence-electron chi connectivity index (χ3n) is 3.15. The summed E-state index contributed by atoms with van der Waals surface area (Å²) < 4.78 is 0. The average Bonchev–Trinajstić information content (AvgIpc) is 2.33. The zero-order valence-corrected chi connectivity index (χ0v) is 11.4. The molecular weight excluding hydrogens is 252 g/mol. The van der Waals surface area contributed by atoms with Crippen LogP contribution in [0.1, 0.15) is 32.1 Å². The number of carbonyl (C=O) groups excluding carboxylic acids is 2. The van der Waals surface area contributed by atoms with E-state index in [-0.39, 0.29) is 29.6 Å². The van der Waals surface area contributed by atoms with Crippen LogP contribution in [0.25, 0.3) is 0 Å². The third-order valence-corrected chi connectivity index (χ3v) is 4.13. The molecule has 104 valence electrons. The molecule has 1 saturated carbocycles. The highest BCUT2D eigenvalue weighted by Gasteiger charge is 2.23. The van der Waals surface area contributed by atoms with Gasteiger partial charge in [0, 0.05) is 24.6 Å². The van der Waals surface area contributed by atoms with Crippen LogP contribution in [0.15, 0.2) is 0 Å². The van der Waals surface area contributed by atoms with Crippen molar-refractivity contribution in [1.82, 2.24) is 5.32 Å². The topological polar surface area (TPSA) is 92.4 Å². The van der Waals surface area contributed by atoms with E-state index in [0.717, 1.165) is 25.7 Å².